The maximum atomic E-state index is 13.7. The monoisotopic (exact) mass is 272 g/mol. The minimum Gasteiger partial charge on any atom is -0.281 e. The van der Waals surface area contributed by atoms with Crippen molar-refractivity contribution in [1.29, 1.82) is 0 Å². The maximum absolute atomic E-state index is 13.7. The van der Waals surface area contributed by atoms with Crippen LogP contribution in [0.15, 0.2) is 12.1 Å². The largest absolute Gasteiger partial charge is 1.00 e. The average Bonchev–Trinajstić information content (AvgIpc) is 2.43. The first-order valence-corrected chi connectivity index (χ1v) is 7.58. The quantitative estimate of drug-likeness (QED) is 0.439. The Hall–Kier alpha value is -0.323. The molecule has 1 aliphatic rings. The molecule has 20 heavy (non-hydrogen) atoms. The van der Waals surface area contributed by atoms with Crippen LogP contribution in [0.1, 0.15) is 69.8 Å². The maximum Gasteiger partial charge on any atom is 1.00 e. The van der Waals surface area contributed by atoms with Crippen LogP contribution in [0, 0.1) is 23.6 Å². The van der Waals surface area contributed by atoms with Gasteiger partial charge in [0.25, 0.3) is 0 Å². The topological polar surface area (TPSA) is 0 Å². The van der Waals surface area contributed by atoms with Crippen molar-refractivity contribution in [2.45, 2.75) is 64.2 Å². The first-order valence-electron chi connectivity index (χ1n) is 7.58. The van der Waals surface area contributed by atoms with Crippen molar-refractivity contribution in [3.63, 3.8) is 0 Å². The summed E-state index contributed by atoms with van der Waals surface area (Å²) in [7, 11) is 0. The Morgan fingerprint density at radius 1 is 1.15 bits per heavy atom. The van der Waals surface area contributed by atoms with E-state index in [2.05, 4.69) is 13.0 Å². The third-order valence-corrected chi connectivity index (χ3v) is 4.42. The van der Waals surface area contributed by atoms with Crippen molar-refractivity contribution < 1.29 is 27.6 Å². The molecule has 0 amide bonds. The van der Waals surface area contributed by atoms with Crippen LogP contribution in [0.2, 0.25) is 0 Å². The van der Waals surface area contributed by atoms with Gasteiger partial charge in [-0.15, -0.1) is 11.6 Å². The molecule has 0 N–H and O–H groups in total. The third-order valence-electron chi connectivity index (χ3n) is 4.42. The summed E-state index contributed by atoms with van der Waals surface area (Å²) in [5.74, 6) is -0.517. The molecular weight excluding hydrogens is 249 g/mol. The van der Waals surface area contributed by atoms with Gasteiger partial charge in [-0.1, -0.05) is 32.6 Å². The van der Waals surface area contributed by atoms with Gasteiger partial charge in [0.05, 0.1) is 0 Å². The molecule has 1 saturated carbocycles. The van der Waals surface area contributed by atoms with Crippen molar-refractivity contribution in [1.82, 2.24) is 0 Å². The number of benzene rings is 1. The van der Waals surface area contributed by atoms with E-state index in [0.29, 0.717) is 5.56 Å². The van der Waals surface area contributed by atoms with Gasteiger partial charge in [-0.05, 0) is 37.5 Å². The van der Waals surface area contributed by atoms with Crippen LogP contribution in [0.4, 0.5) is 8.78 Å². The number of hydrogen-bond acceptors (Lipinski definition) is 0. The standard InChI is InChI=1S/C17H23F2.Li/c1-2-3-4-6-13-9-11-14(12-10-13)15-7-5-8-16(18)17(15)19;/h5,7,13-14H,2-4,6,9-12H2,1H3;/q-1;+1. The Morgan fingerprint density at radius 2 is 1.85 bits per heavy atom. The summed E-state index contributed by atoms with van der Waals surface area (Å²) < 4.78 is 26.9. The fraction of sp³-hybridized carbons (Fsp3) is 0.647. The molecular formula is C17H23F2Li. The van der Waals surface area contributed by atoms with Crippen LogP contribution in [0.5, 0.6) is 0 Å². The molecule has 1 aromatic rings. The molecule has 0 heterocycles. The minimum atomic E-state index is -0.831. The molecule has 3 heteroatoms. The molecule has 1 aromatic carbocycles. The molecule has 0 unspecified atom stereocenters. The van der Waals surface area contributed by atoms with E-state index in [9.17, 15) is 8.78 Å². The van der Waals surface area contributed by atoms with Crippen molar-refractivity contribution in [2.24, 2.45) is 5.92 Å². The second-order valence-corrected chi connectivity index (χ2v) is 5.77. The SMILES string of the molecule is CCCCCC1CCC(c2cc[c-]c(F)c2F)CC1.[Li+]. The van der Waals surface area contributed by atoms with Gasteiger partial charge in [-0.3, -0.25) is 4.39 Å². The molecule has 0 atom stereocenters. The Labute approximate surface area is 133 Å². The molecule has 1 fully saturated rings. The fourth-order valence-corrected chi connectivity index (χ4v) is 3.23. The van der Waals surface area contributed by atoms with Gasteiger partial charge in [0.2, 0.25) is 0 Å². The summed E-state index contributed by atoms with van der Waals surface area (Å²) in [6.45, 7) is 2.22. The summed E-state index contributed by atoms with van der Waals surface area (Å²) in [5, 5.41) is 0. The summed E-state index contributed by atoms with van der Waals surface area (Å²) >= 11 is 0. The van der Waals surface area contributed by atoms with Crippen molar-refractivity contribution in [2.75, 3.05) is 0 Å². The van der Waals surface area contributed by atoms with Crippen LogP contribution >= 0.6 is 0 Å². The summed E-state index contributed by atoms with van der Waals surface area (Å²) in [5.41, 5.74) is 0.559. The van der Waals surface area contributed by atoms with E-state index in [-0.39, 0.29) is 24.8 Å². The van der Waals surface area contributed by atoms with E-state index in [0.717, 1.165) is 31.6 Å². The molecule has 2 rings (SSSR count). The first kappa shape index (κ1) is 17.7. The zero-order chi connectivity index (χ0) is 13.7. The summed E-state index contributed by atoms with van der Waals surface area (Å²) in [6, 6.07) is 5.48. The van der Waals surface area contributed by atoms with Crippen molar-refractivity contribution in [3.8, 4) is 0 Å². The molecule has 0 aromatic heterocycles. The third kappa shape index (κ3) is 4.60. The molecule has 0 saturated heterocycles. The van der Waals surface area contributed by atoms with E-state index in [1.807, 2.05) is 0 Å². The Bertz CT molecular complexity index is 398. The molecule has 0 spiro atoms. The average molecular weight is 272 g/mol. The predicted octanol–water partition coefficient (Wildman–Crippen LogP) is 2.62. The molecule has 106 valence electrons. The second-order valence-electron chi connectivity index (χ2n) is 5.77. The summed E-state index contributed by atoms with van der Waals surface area (Å²) in [4.78, 5) is 0. The van der Waals surface area contributed by atoms with Gasteiger partial charge in [-0.25, -0.2) is 4.39 Å². The molecule has 0 aliphatic heterocycles. The van der Waals surface area contributed by atoms with Gasteiger partial charge < -0.3 is 0 Å². The van der Waals surface area contributed by atoms with Crippen molar-refractivity contribution >= 4 is 0 Å². The second kappa shape index (κ2) is 8.85. The van der Waals surface area contributed by atoms with E-state index in [1.54, 1.807) is 6.07 Å². The van der Waals surface area contributed by atoms with E-state index >= 15 is 0 Å². The van der Waals surface area contributed by atoms with Crippen LogP contribution in [-0.2, 0) is 0 Å². The van der Waals surface area contributed by atoms with Gasteiger partial charge in [0.15, 0.2) is 0 Å². The number of hydrogen-bond donors (Lipinski definition) is 0. The smallest absolute Gasteiger partial charge is 0.281 e. The van der Waals surface area contributed by atoms with Crippen molar-refractivity contribution in [3.05, 3.63) is 35.4 Å². The number of rotatable bonds is 5. The molecule has 0 bridgehead atoms. The summed E-state index contributed by atoms with van der Waals surface area (Å²) in [6.07, 6.45) is 9.51. The molecule has 1 aliphatic carbocycles. The van der Waals surface area contributed by atoms with Gasteiger partial charge >= 0.3 is 18.9 Å². The Balaban J connectivity index is 0.00000200. The van der Waals surface area contributed by atoms with Crippen LogP contribution in [0.25, 0.3) is 0 Å². The minimum absolute atomic E-state index is 0. The number of unbranched alkanes of at least 4 members (excludes halogenated alkanes) is 2. The zero-order valence-electron chi connectivity index (χ0n) is 12.7. The zero-order valence-corrected chi connectivity index (χ0v) is 12.7. The van der Waals surface area contributed by atoms with E-state index < -0.39 is 11.6 Å². The van der Waals surface area contributed by atoms with Gasteiger partial charge in [0.1, 0.15) is 0 Å². The normalized spacial score (nSPS) is 22.4. The van der Waals surface area contributed by atoms with E-state index in [4.69, 9.17) is 0 Å². The van der Waals surface area contributed by atoms with Crippen LogP contribution in [0.3, 0.4) is 0 Å². The van der Waals surface area contributed by atoms with Gasteiger partial charge in [-0.2, -0.15) is 12.1 Å². The predicted molar refractivity (Wildman–Crippen MR) is 74.0 cm³/mol. The fourth-order valence-electron chi connectivity index (χ4n) is 3.23. The van der Waals surface area contributed by atoms with Gasteiger partial charge in [0, 0.05) is 11.6 Å². The molecule has 0 nitrogen and oxygen atoms in total. The number of halogens is 2. The Morgan fingerprint density at radius 3 is 2.50 bits per heavy atom. The van der Waals surface area contributed by atoms with E-state index in [1.165, 1.54) is 31.7 Å². The van der Waals surface area contributed by atoms with Crippen LogP contribution in [-0.4, -0.2) is 0 Å². The molecule has 0 radical (unpaired) electrons. The Kier molecular flexibility index (Phi) is 7.85. The first-order chi connectivity index (χ1) is 9.22. The van der Waals surface area contributed by atoms with Crippen LogP contribution < -0.4 is 18.9 Å².